The van der Waals surface area contributed by atoms with Gasteiger partial charge in [-0.25, -0.2) is 4.79 Å². The van der Waals surface area contributed by atoms with Gasteiger partial charge in [0.05, 0.1) is 12.3 Å². The maximum absolute atomic E-state index is 12.2. The van der Waals surface area contributed by atoms with Crippen molar-refractivity contribution in [1.82, 2.24) is 9.55 Å². The van der Waals surface area contributed by atoms with Crippen molar-refractivity contribution < 1.29 is 14.3 Å². The quantitative estimate of drug-likeness (QED) is 0.440. The second-order valence-electron chi connectivity index (χ2n) is 5.54. The molecule has 0 saturated carbocycles. The number of rotatable bonds is 7. The fourth-order valence-corrected chi connectivity index (χ4v) is 2.49. The molecule has 0 atom stereocenters. The predicted molar refractivity (Wildman–Crippen MR) is 93.4 cm³/mol. The van der Waals surface area contributed by atoms with E-state index in [1.807, 2.05) is 32.0 Å². The first kappa shape index (κ1) is 18.4. The van der Waals surface area contributed by atoms with Gasteiger partial charge in [0.1, 0.15) is 18.2 Å². The van der Waals surface area contributed by atoms with Crippen molar-refractivity contribution in [2.24, 2.45) is 0 Å². The molecule has 0 radical (unpaired) electrons. The molecule has 0 aliphatic carbocycles. The fourth-order valence-electron chi connectivity index (χ4n) is 2.49. The van der Waals surface area contributed by atoms with Crippen LogP contribution in [-0.2, 0) is 27.4 Å². The van der Waals surface area contributed by atoms with Crippen molar-refractivity contribution in [2.45, 2.75) is 27.0 Å². The highest BCUT2D eigenvalue weighted by molar-refractivity contribution is 5.98. The van der Waals surface area contributed by atoms with Gasteiger partial charge in [-0.2, -0.15) is 5.26 Å². The van der Waals surface area contributed by atoms with Gasteiger partial charge in [-0.3, -0.25) is 4.98 Å². The van der Waals surface area contributed by atoms with E-state index in [-0.39, 0.29) is 12.2 Å². The molecule has 2 rings (SSSR count). The molecule has 0 fully saturated rings. The highest BCUT2D eigenvalue weighted by Gasteiger charge is 2.14. The van der Waals surface area contributed by atoms with Gasteiger partial charge in [-0.05, 0) is 43.7 Å². The number of aromatic nitrogens is 2. The summed E-state index contributed by atoms with van der Waals surface area (Å²) in [5.74, 6) is -0.658. The molecule has 0 aliphatic rings. The number of methoxy groups -OCH3 is 1. The van der Waals surface area contributed by atoms with Crippen molar-refractivity contribution in [1.29, 1.82) is 5.26 Å². The van der Waals surface area contributed by atoms with Crippen LogP contribution >= 0.6 is 0 Å². The van der Waals surface area contributed by atoms with Gasteiger partial charge in [-0.15, -0.1) is 0 Å². The predicted octanol–water partition coefficient (Wildman–Crippen LogP) is 2.80. The summed E-state index contributed by atoms with van der Waals surface area (Å²) >= 11 is 0. The number of ether oxygens (including phenoxy) is 2. The molecule has 0 amide bonds. The highest BCUT2D eigenvalue weighted by Crippen LogP contribution is 2.19. The Kier molecular flexibility index (Phi) is 6.49. The minimum Gasteiger partial charge on any atom is -0.455 e. The van der Waals surface area contributed by atoms with Crippen LogP contribution in [0, 0.1) is 25.2 Å². The summed E-state index contributed by atoms with van der Waals surface area (Å²) in [5.41, 5.74) is 3.42. The molecule has 2 heterocycles. The summed E-state index contributed by atoms with van der Waals surface area (Å²) < 4.78 is 12.4. The third-order valence-electron chi connectivity index (χ3n) is 3.85. The molecule has 0 bridgehead atoms. The van der Waals surface area contributed by atoms with Crippen LogP contribution in [0.3, 0.4) is 0 Å². The van der Waals surface area contributed by atoms with Gasteiger partial charge in [0.2, 0.25) is 0 Å². The second kappa shape index (κ2) is 8.81. The lowest BCUT2D eigenvalue weighted by Gasteiger charge is -2.08. The van der Waals surface area contributed by atoms with Crippen LogP contribution in [-0.4, -0.2) is 29.2 Å². The maximum atomic E-state index is 12.2. The first-order chi connectivity index (χ1) is 12.1. The average molecular weight is 339 g/mol. The van der Waals surface area contributed by atoms with Gasteiger partial charge in [0, 0.05) is 31.2 Å². The second-order valence-corrected chi connectivity index (χ2v) is 5.54. The van der Waals surface area contributed by atoms with E-state index < -0.39 is 5.97 Å². The molecule has 0 spiro atoms. The number of carbonyl (C=O) groups is 1. The molecule has 6 heteroatoms. The fraction of sp³-hybridized carbons (Fsp3) is 0.316. The van der Waals surface area contributed by atoms with E-state index in [2.05, 4.69) is 9.55 Å². The standard InChI is InChI=1S/C19H21N3O3/c1-14-10-16(15(2)22(14)8-9-24-3)11-17(12-20)19(23)25-13-18-6-4-5-7-21-18/h4-7,10-11H,8-9,13H2,1-3H3. The van der Waals surface area contributed by atoms with Crippen molar-refractivity contribution in [3.8, 4) is 6.07 Å². The summed E-state index contributed by atoms with van der Waals surface area (Å²) in [6.45, 7) is 5.27. The molecule has 0 aromatic carbocycles. The third-order valence-corrected chi connectivity index (χ3v) is 3.85. The molecule has 0 N–H and O–H groups in total. The van der Waals surface area contributed by atoms with Crippen LogP contribution < -0.4 is 0 Å². The average Bonchev–Trinajstić information content (AvgIpc) is 2.89. The first-order valence-electron chi connectivity index (χ1n) is 7.91. The van der Waals surface area contributed by atoms with Crippen LogP contribution in [0.15, 0.2) is 36.0 Å². The number of aryl methyl sites for hydroxylation is 1. The zero-order valence-corrected chi connectivity index (χ0v) is 14.7. The Labute approximate surface area is 147 Å². The Morgan fingerprint density at radius 3 is 2.84 bits per heavy atom. The number of pyridine rings is 1. The summed E-state index contributed by atoms with van der Waals surface area (Å²) in [7, 11) is 1.65. The van der Waals surface area contributed by atoms with Gasteiger partial charge >= 0.3 is 5.97 Å². The van der Waals surface area contributed by atoms with Gasteiger partial charge in [0.25, 0.3) is 0 Å². The van der Waals surface area contributed by atoms with Gasteiger partial charge < -0.3 is 14.0 Å². The number of nitriles is 1. The van der Waals surface area contributed by atoms with Crippen LogP contribution in [0.2, 0.25) is 0 Å². The normalized spacial score (nSPS) is 11.2. The summed E-state index contributed by atoms with van der Waals surface area (Å²) in [6.07, 6.45) is 3.19. The van der Waals surface area contributed by atoms with Gasteiger partial charge in [-0.1, -0.05) is 6.07 Å². The Bertz CT molecular complexity index is 801. The van der Waals surface area contributed by atoms with Crippen LogP contribution in [0.25, 0.3) is 6.08 Å². The van der Waals surface area contributed by atoms with E-state index in [0.717, 1.165) is 17.0 Å². The minimum absolute atomic E-state index is 0.0333. The number of carbonyl (C=O) groups excluding carboxylic acids is 1. The molecule has 6 nitrogen and oxygen atoms in total. The highest BCUT2D eigenvalue weighted by atomic mass is 16.5. The van der Waals surface area contributed by atoms with Crippen LogP contribution in [0.1, 0.15) is 22.6 Å². The Morgan fingerprint density at radius 2 is 2.20 bits per heavy atom. The smallest absolute Gasteiger partial charge is 0.349 e. The van der Waals surface area contributed by atoms with Crippen LogP contribution in [0.5, 0.6) is 0 Å². The molecular weight excluding hydrogens is 318 g/mol. The minimum atomic E-state index is -0.658. The molecule has 130 valence electrons. The van der Waals surface area contributed by atoms with Crippen molar-refractivity contribution in [3.63, 3.8) is 0 Å². The summed E-state index contributed by atoms with van der Waals surface area (Å²) in [5, 5.41) is 9.30. The number of nitrogens with zero attached hydrogens (tertiary/aromatic N) is 3. The lowest BCUT2D eigenvalue weighted by atomic mass is 10.1. The van der Waals surface area contributed by atoms with E-state index in [1.165, 1.54) is 0 Å². The topological polar surface area (TPSA) is 77.1 Å². The van der Waals surface area contributed by atoms with E-state index in [4.69, 9.17) is 9.47 Å². The van der Waals surface area contributed by atoms with E-state index in [1.54, 1.807) is 31.5 Å². The zero-order valence-electron chi connectivity index (χ0n) is 14.7. The zero-order chi connectivity index (χ0) is 18.2. The monoisotopic (exact) mass is 339 g/mol. The van der Waals surface area contributed by atoms with Crippen molar-refractivity contribution in [2.75, 3.05) is 13.7 Å². The van der Waals surface area contributed by atoms with E-state index in [9.17, 15) is 10.1 Å². The Balaban J connectivity index is 2.14. The summed E-state index contributed by atoms with van der Waals surface area (Å²) in [6, 6.07) is 9.21. The van der Waals surface area contributed by atoms with E-state index >= 15 is 0 Å². The SMILES string of the molecule is COCCn1c(C)cc(C=C(C#N)C(=O)OCc2ccccn2)c1C. The number of hydrogen-bond acceptors (Lipinski definition) is 5. The molecule has 0 unspecified atom stereocenters. The maximum Gasteiger partial charge on any atom is 0.349 e. The molecule has 0 aliphatic heterocycles. The molecular formula is C19H21N3O3. The molecule has 2 aromatic heterocycles. The van der Waals surface area contributed by atoms with E-state index in [0.29, 0.717) is 18.8 Å². The van der Waals surface area contributed by atoms with Crippen molar-refractivity contribution >= 4 is 12.0 Å². The van der Waals surface area contributed by atoms with Gasteiger partial charge in [0.15, 0.2) is 0 Å². The Morgan fingerprint density at radius 1 is 1.40 bits per heavy atom. The Hall–Kier alpha value is -2.91. The lowest BCUT2D eigenvalue weighted by Crippen LogP contribution is -2.08. The largest absolute Gasteiger partial charge is 0.455 e. The van der Waals surface area contributed by atoms with Crippen molar-refractivity contribution in [3.05, 3.63) is 58.7 Å². The molecule has 25 heavy (non-hydrogen) atoms. The lowest BCUT2D eigenvalue weighted by molar-refractivity contribution is -0.139. The first-order valence-corrected chi connectivity index (χ1v) is 7.91. The molecule has 2 aromatic rings. The van der Waals surface area contributed by atoms with Crippen LogP contribution in [0.4, 0.5) is 0 Å². The third kappa shape index (κ3) is 4.78. The number of hydrogen-bond donors (Lipinski definition) is 0. The summed E-state index contributed by atoms with van der Waals surface area (Å²) in [4.78, 5) is 16.2. The molecule has 0 saturated heterocycles. The number of esters is 1.